The molecule has 0 aliphatic rings. The Hall–Kier alpha value is -0.800. The third-order valence-corrected chi connectivity index (χ3v) is 1.21. The summed E-state index contributed by atoms with van der Waals surface area (Å²) in [7, 11) is 0. The van der Waals surface area contributed by atoms with Crippen LogP contribution in [0, 0.1) is 0 Å². The molecule has 1 aromatic rings. The van der Waals surface area contributed by atoms with Crippen molar-refractivity contribution in [2.24, 2.45) is 5.73 Å². The zero-order chi connectivity index (χ0) is 8.10. The van der Waals surface area contributed by atoms with Gasteiger partial charge in [0.25, 0.3) is 0 Å². The van der Waals surface area contributed by atoms with Crippen molar-refractivity contribution in [3.63, 3.8) is 0 Å². The third-order valence-electron chi connectivity index (χ3n) is 1.21. The first-order valence-electron chi connectivity index (χ1n) is 3.65. The normalized spacial score (nSPS) is 13.3. The maximum absolute atomic E-state index is 5.48. The van der Waals surface area contributed by atoms with Gasteiger partial charge in [0.15, 0.2) is 0 Å². The van der Waals surface area contributed by atoms with Crippen LogP contribution in [-0.4, -0.2) is 12.6 Å². The van der Waals surface area contributed by atoms with Crippen LogP contribution < -0.4 is 5.73 Å². The first kappa shape index (κ1) is 8.30. The van der Waals surface area contributed by atoms with E-state index in [-0.39, 0.29) is 6.04 Å². The van der Waals surface area contributed by atoms with Crippen LogP contribution in [0.4, 0.5) is 0 Å². The van der Waals surface area contributed by atoms with Crippen molar-refractivity contribution in [2.75, 3.05) is 6.61 Å². The molecule has 3 heteroatoms. The minimum atomic E-state index is 0.0879. The molecule has 11 heavy (non-hydrogen) atoms. The van der Waals surface area contributed by atoms with Gasteiger partial charge in [0, 0.05) is 6.04 Å². The van der Waals surface area contributed by atoms with E-state index in [2.05, 4.69) is 0 Å². The molecule has 1 aromatic heterocycles. The summed E-state index contributed by atoms with van der Waals surface area (Å²) in [5.74, 6) is 0.839. The second-order valence-electron chi connectivity index (χ2n) is 2.57. The van der Waals surface area contributed by atoms with Crippen molar-refractivity contribution < 1.29 is 9.15 Å². The summed E-state index contributed by atoms with van der Waals surface area (Å²) in [5.41, 5.74) is 5.48. The monoisotopic (exact) mass is 155 g/mol. The van der Waals surface area contributed by atoms with Crippen LogP contribution in [-0.2, 0) is 11.3 Å². The molecule has 0 fully saturated rings. The SMILES string of the molecule is CC(N)COCc1ccco1. The average molecular weight is 155 g/mol. The molecule has 1 atom stereocenters. The molecule has 0 spiro atoms. The van der Waals surface area contributed by atoms with Gasteiger partial charge in [-0.25, -0.2) is 0 Å². The first-order chi connectivity index (χ1) is 5.29. The molecule has 3 nitrogen and oxygen atoms in total. The highest BCUT2D eigenvalue weighted by Crippen LogP contribution is 2.01. The van der Waals surface area contributed by atoms with Gasteiger partial charge in [-0.1, -0.05) is 0 Å². The van der Waals surface area contributed by atoms with Crippen LogP contribution in [0.3, 0.4) is 0 Å². The molecule has 1 unspecified atom stereocenters. The van der Waals surface area contributed by atoms with Gasteiger partial charge in [0.05, 0.1) is 12.9 Å². The van der Waals surface area contributed by atoms with Gasteiger partial charge in [0.2, 0.25) is 0 Å². The Morgan fingerprint density at radius 2 is 2.55 bits per heavy atom. The van der Waals surface area contributed by atoms with Crippen molar-refractivity contribution in [1.82, 2.24) is 0 Å². The van der Waals surface area contributed by atoms with Crippen molar-refractivity contribution in [1.29, 1.82) is 0 Å². The number of hydrogen-bond acceptors (Lipinski definition) is 3. The number of nitrogens with two attached hydrogens (primary N) is 1. The fraction of sp³-hybridized carbons (Fsp3) is 0.500. The lowest BCUT2D eigenvalue weighted by Crippen LogP contribution is -2.21. The fourth-order valence-corrected chi connectivity index (χ4v) is 0.740. The van der Waals surface area contributed by atoms with E-state index in [0.717, 1.165) is 5.76 Å². The van der Waals surface area contributed by atoms with Crippen molar-refractivity contribution in [2.45, 2.75) is 19.6 Å². The van der Waals surface area contributed by atoms with E-state index in [1.807, 2.05) is 19.1 Å². The molecule has 1 heterocycles. The Morgan fingerprint density at radius 3 is 3.09 bits per heavy atom. The Kier molecular flexibility index (Phi) is 3.14. The molecule has 62 valence electrons. The predicted octanol–water partition coefficient (Wildman–Crippen LogP) is 1.14. The van der Waals surface area contributed by atoms with E-state index in [9.17, 15) is 0 Å². The molecular formula is C8H13NO2. The quantitative estimate of drug-likeness (QED) is 0.709. The lowest BCUT2D eigenvalue weighted by Gasteiger charge is -2.04. The van der Waals surface area contributed by atoms with Crippen LogP contribution in [0.2, 0.25) is 0 Å². The molecule has 0 saturated heterocycles. The molecular weight excluding hydrogens is 142 g/mol. The zero-order valence-electron chi connectivity index (χ0n) is 6.62. The summed E-state index contributed by atoms with van der Waals surface area (Å²) in [6.07, 6.45) is 1.63. The molecule has 2 N–H and O–H groups in total. The second kappa shape index (κ2) is 4.16. The highest BCUT2D eigenvalue weighted by molar-refractivity contribution is 4.95. The smallest absolute Gasteiger partial charge is 0.129 e. The Morgan fingerprint density at radius 1 is 1.73 bits per heavy atom. The highest BCUT2D eigenvalue weighted by atomic mass is 16.5. The van der Waals surface area contributed by atoms with E-state index in [4.69, 9.17) is 14.9 Å². The van der Waals surface area contributed by atoms with Gasteiger partial charge in [-0.05, 0) is 19.1 Å². The summed E-state index contributed by atoms with van der Waals surface area (Å²) in [4.78, 5) is 0. The zero-order valence-corrected chi connectivity index (χ0v) is 6.62. The maximum Gasteiger partial charge on any atom is 0.129 e. The molecule has 0 aliphatic carbocycles. The Labute approximate surface area is 66.1 Å². The van der Waals surface area contributed by atoms with Gasteiger partial charge in [0.1, 0.15) is 12.4 Å². The van der Waals surface area contributed by atoms with Crippen LogP contribution in [0.25, 0.3) is 0 Å². The summed E-state index contributed by atoms with van der Waals surface area (Å²) in [6, 6.07) is 3.80. The number of furan rings is 1. The minimum absolute atomic E-state index is 0.0879. The van der Waals surface area contributed by atoms with E-state index in [1.54, 1.807) is 6.26 Å². The third kappa shape index (κ3) is 3.20. The van der Waals surface area contributed by atoms with Crippen molar-refractivity contribution in [3.05, 3.63) is 24.2 Å². The largest absolute Gasteiger partial charge is 0.467 e. The molecule has 0 bridgehead atoms. The summed E-state index contributed by atoms with van der Waals surface area (Å²) in [5, 5.41) is 0. The standard InChI is InChI=1S/C8H13NO2/c1-7(9)5-10-6-8-3-2-4-11-8/h2-4,7H,5-6,9H2,1H3. The Bertz CT molecular complexity index is 182. The second-order valence-corrected chi connectivity index (χ2v) is 2.57. The lowest BCUT2D eigenvalue weighted by molar-refractivity contribution is 0.0976. The average Bonchev–Trinajstić information content (AvgIpc) is 2.39. The molecule has 1 rings (SSSR count). The van der Waals surface area contributed by atoms with Gasteiger partial charge in [-0.3, -0.25) is 0 Å². The number of hydrogen-bond donors (Lipinski definition) is 1. The first-order valence-corrected chi connectivity index (χ1v) is 3.65. The van der Waals surface area contributed by atoms with Gasteiger partial charge in [-0.15, -0.1) is 0 Å². The predicted molar refractivity (Wildman–Crippen MR) is 42.0 cm³/mol. The molecule has 0 amide bonds. The number of ether oxygens (including phenoxy) is 1. The van der Waals surface area contributed by atoms with E-state index < -0.39 is 0 Å². The Balaban J connectivity index is 2.14. The van der Waals surface area contributed by atoms with Gasteiger partial charge < -0.3 is 14.9 Å². The fourth-order valence-electron chi connectivity index (χ4n) is 0.740. The molecule has 0 aromatic carbocycles. The van der Waals surface area contributed by atoms with Crippen molar-refractivity contribution in [3.8, 4) is 0 Å². The molecule has 0 radical (unpaired) electrons. The van der Waals surface area contributed by atoms with Crippen LogP contribution >= 0.6 is 0 Å². The van der Waals surface area contributed by atoms with Crippen LogP contribution in [0.5, 0.6) is 0 Å². The van der Waals surface area contributed by atoms with Crippen molar-refractivity contribution >= 4 is 0 Å². The minimum Gasteiger partial charge on any atom is -0.467 e. The lowest BCUT2D eigenvalue weighted by atomic mass is 10.4. The summed E-state index contributed by atoms with van der Waals surface area (Å²) >= 11 is 0. The van der Waals surface area contributed by atoms with E-state index in [0.29, 0.717) is 13.2 Å². The molecule has 0 saturated carbocycles. The summed E-state index contributed by atoms with van der Waals surface area (Å²) < 4.78 is 10.3. The van der Waals surface area contributed by atoms with Crippen LogP contribution in [0.1, 0.15) is 12.7 Å². The van der Waals surface area contributed by atoms with Gasteiger partial charge >= 0.3 is 0 Å². The van der Waals surface area contributed by atoms with E-state index in [1.165, 1.54) is 0 Å². The highest BCUT2D eigenvalue weighted by Gasteiger charge is 1.96. The number of rotatable bonds is 4. The van der Waals surface area contributed by atoms with Crippen LogP contribution in [0.15, 0.2) is 22.8 Å². The van der Waals surface area contributed by atoms with E-state index >= 15 is 0 Å². The topological polar surface area (TPSA) is 48.4 Å². The van der Waals surface area contributed by atoms with Gasteiger partial charge in [-0.2, -0.15) is 0 Å². The summed E-state index contributed by atoms with van der Waals surface area (Å²) in [6.45, 7) is 2.98. The molecule has 0 aliphatic heterocycles. The maximum atomic E-state index is 5.48.